The van der Waals surface area contributed by atoms with E-state index >= 15 is 0 Å². The van der Waals surface area contributed by atoms with Crippen LogP contribution >= 0.6 is 0 Å². The fraction of sp³-hybridized carbons (Fsp3) is 0.333. The summed E-state index contributed by atoms with van der Waals surface area (Å²) in [4.78, 5) is 16.7. The number of aromatic nitrogens is 2. The van der Waals surface area contributed by atoms with Gasteiger partial charge in [0.15, 0.2) is 0 Å². The van der Waals surface area contributed by atoms with E-state index in [1.54, 1.807) is 6.07 Å². The van der Waals surface area contributed by atoms with Crippen LogP contribution in [0.2, 0.25) is 0 Å². The van der Waals surface area contributed by atoms with Gasteiger partial charge >= 0.3 is 0 Å². The minimum absolute atomic E-state index is 0.196. The molecule has 4 rings (SSSR count). The zero-order chi connectivity index (χ0) is 19.0. The molecule has 140 valence electrons. The highest BCUT2D eigenvalue weighted by atomic mass is 16.5. The van der Waals surface area contributed by atoms with Crippen molar-refractivity contribution in [1.29, 1.82) is 0 Å². The van der Waals surface area contributed by atoms with E-state index in [1.165, 1.54) is 5.56 Å². The highest BCUT2D eigenvalue weighted by Gasteiger charge is 2.23. The van der Waals surface area contributed by atoms with E-state index in [0.717, 1.165) is 48.6 Å². The number of hydrogen-bond acceptors (Lipinski definition) is 5. The summed E-state index contributed by atoms with van der Waals surface area (Å²) in [5.41, 5.74) is 2.70. The first kappa shape index (κ1) is 17.7. The van der Waals surface area contributed by atoms with Crippen LogP contribution in [-0.4, -0.2) is 53.7 Å². The molecule has 0 unspecified atom stereocenters. The average molecular weight is 364 g/mol. The SMILES string of the molecule is CCN(C)CCN(C)Cc1ccc2c(c1)-c1n[nH]c(=O)c3cccc(c13)O2. The first-order chi connectivity index (χ1) is 13.1. The highest BCUT2D eigenvalue weighted by Crippen LogP contribution is 2.44. The molecule has 0 saturated carbocycles. The summed E-state index contributed by atoms with van der Waals surface area (Å²) in [5.74, 6) is 1.45. The van der Waals surface area contributed by atoms with Gasteiger partial charge in [0, 0.05) is 25.2 Å². The lowest BCUT2D eigenvalue weighted by atomic mass is 9.99. The summed E-state index contributed by atoms with van der Waals surface area (Å²) in [5, 5.41) is 8.34. The molecule has 1 aliphatic heterocycles. The lowest BCUT2D eigenvalue weighted by molar-refractivity contribution is 0.258. The Bertz CT molecular complexity index is 1040. The van der Waals surface area contributed by atoms with Crippen LogP contribution in [0.1, 0.15) is 12.5 Å². The van der Waals surface area contributed by atoms with Gasteiger partial charge < -0.3 is 14.5 Å². The Morgan fingerprint density at radius 2 is 1.89 bits per heavy atom. The summed E-state index contributed by atoms with van der Waals surface area (Å²) in [6.07, 6.45) is 0. The van der Waals surface area contributed by atoms with Crippen molar-refractivity contribution in [1.82, 2.24) is 20.0 Å². The van der Waals surface area contributed by atoms with E-state index in [9.17, 15) is 4.79 Å². The molecule has 0 atom stereocenters. The van der Waals surface area contributed by atoms with E-state index in [1.807, 2.05) is 18.2 Å². The maximum atomic E-state index is 12.1. The van der Waals surface area contributed by atoms with Crippen molar-refractivity contribution in [2.45, 2.75) is 13.5 Å². The molecular formula is C21H24N4O2. The van der Waals surface area contributed by atoms with Crippen LogP contribution in [0, 0.1) is 0 Å². The number of benzene rings is 2. The minimum atomic E-state index is -0.196. The third-order valence-corrected chi connectivity index (χ3v) is 5.15. The lowest BCUT2D eigenvalue weighted by Gasteiger charge is -2.23. The predicted octanol–water partition coefficient (Wildman–Crippen LogP) is 3.08. The molecule has 2 heterocycles. The number of hydrogen-bond donors (Lipinski definition) is 1. The molecule has 27 heavy (non-hydrogen) atoms. The molecule has 0 amide bonds. The van der Waals surface area contributed by atoms with Crippen molar-refractivity contribution >= 4 is 10.8 Å². The Morgan fingerprint density at radius 1 is 1.07 bits per heavy atom. The Kier molecular flexibility index (Phi) is 4.68. The predicted molar refractivity (Wildman–Crippen MR) is 107 cm³/mol. The molecule has 1 aromatic heterocycles. The molecule has 0 spiro atoms. The zero-order valence-electron chi connectivity index (χ0n) is 16.0. The number of ether oxygens (including phenoxy) is 1. The highest BCUT2D eigenvalue weighted by molar-refractivity contribution is 6.01. The van der Waals surface area contributed by atoms with Crippen LogP contribution in [0.4, 0.5) is 0 Å². The summed E-state index contributed by atoms with van der Waals surface area (Å²) in [6.45, 7) is 6.11. The van der Waals surface area contributed by atoms with Crippen molar-refractivity contribution < 1.29 is 4.74 Å². The second kappa shape index (κ2) is 7.13. The largest absolute Gasteiger partial charge is 0.456 e. The Balaban J connectivity index is 1.66. The third kappa shape index (κ3) is 3.34. The van der Waals surface area contributed by atoms with Crippen molar-refractivity contribution in [3.8, 4) is 22.8 Å². The monoisotopic (exact) mass is 364 g/mol. The second-order valence-electron chi connectivity index (χ2n) is 7.15. The fourth-order valence-electron chi connectivity index (χ4n) is 3.43. The van der Waals surface area contributed by atoms with Crippen molar-refractivity contribution in [3.63, 3.8) is 0 Å². The average Bonchev–Trinajstić information content (AvgIpc) is 2.68. The van der Waals surface area contributed by atoms with Gasteiger partial charge in [-0.3, -0.25) is 4.79 Å². The third-order valence-electron chi connectivity index (χ3n) is 5.15. The number of likely N-dealkylation sites (N-methyl/N-ethyl adjacent to an activating group) is 2. The molecule has 0 fully saturated rings. The van der Waals surface area contributed by atoms with Crippen molar-refractivity contribution in [2.75, 3.05) is 33.7 Å². The van der Waals surface area contributed by atoms with Crippen molar-refractivity contribution in [2.24, 2.45) is 0 Å². The molecule has 2 aromatic carbocycles. The molecule has 0 radical (unpaired) electrons. The Hall–Kier alpha value is -2.70. The number of nitrogens with zero attached hydrogens (tertiary/aromatic N) is 3. The topological polar surface area (TPSA) is 61.5 Å². The Labute approximate surface area is 158 Å². The number of rotatable bonds is 6. The zero-order valence-corrected chi connectivity index (χ0v) is 16.0. The van der Waals surface area contributed by atoms with Crippen molar-refractivity contribution in [3.05, 3.63) is 52.3 Å². The van der Waals surface area contributed by atoms with E-state index in [4.69, 9.17) is 4.74 Å². The molecule has 1 aliphatic rings. The smallest absolute Gasteiger partial charge is 0.272 e. The first-order valence-corrected chi connectivity index (χ1v) is 9.26. The molecular weight excluding hydrogens is 340 g/mol. The van der Waals surface area contributed by atoms with Gasteiger partial charge in [-0.1, -0.05) is 19.1 Å². The maximum Gasteiger partial charge on any atom is 0.272 e. The van der Waals surface area contributed by atoms with Crippen LogP contribution in [0.15, 0.2) is 41.2 Å². The normalized spacial score (nSPS) is 12.5. The van der Waals surface area contributed by atoms with Gasteiger partial charge in [0.05, 0.1) is 10.8 Å². The molecule has 0 saturated heterocycles. The van der Waals surface area contributed by atoms with E-state index in [-0.39, 0.29) is 5.56 Å². The number of H-pyrrole nitrogens is 1. The quantitative estimate of drug-likeness (QED) is 0.570. The summed E-state index contributed by atoms with van der Waals surface area (Å²) >= 11 is 0. The van der Waals surface area contributed by atoms with Crippen LogP contribution < -0.4 is 10.3 Å². The molecule has 6 heteroatoms. The molecule has 1 N–H and O–H groups in total. The van der Waals surface area contributed by atoms with Gasteiger partial charge in [0.1, 0.15) is 17.2 Å². The molecule has 0 bridgehead atoms. The molecule has 3 aromatic rings. The fourth-order valence-corrected chi connectivity index (χ4v) is 3.43. The van der Waals surface area contributed by atoms with Gasteiger partial charge in [-0.15, -0.1) is 0 Å². The van der Waals surface area contributed by atoms with Gasteiger partial charge in [0.25, 0.3) is 5.56 Å². The summed E-state index contributed by atoms with van der Waals surface area (Å²) in [6, 6.07) is 11.7. The van der Waals surface area contributed by atoms with E-state index in [0.29, 0.717) is 11.1 Å². The van der Waals surface area contributed by atoms with E-state index in [2.05, 4.69) is 53.1 Å². The van der Waals surface area contributed by atoms with Gasteiger partial charge in [0.2, 0.25) is 0 Å². The molecule has 6 nitrogen and oxygen atoms in total. The number of aromatic amines is 1. The summed E-state index contributed by atoms with van der Waals surface area (Å²) in [7, 11) is 4.26. The van der Waals surface area contributed by atoms with Gasteiger partial charge in [-0.25, -0.2) is 5.10 Å². The molecule has 0 aliphatic carbocycles. The number of nitrogens with one attached hydrogen (secondary N) is 1. The van der Waals surface area contributed by atoms with E-state index < -0.39 is 0 Å². The van der Waals surface area contributed by atoms with Gasteiger partial charge in [-0.05, 0) is 50.5 Å². The second-order valence-corrected chi connectivity index (χ2v) is 7.15. The first-order valence-electron chi connectivity index (χ1n) is 9.26. The lowest BCUT2D eigenvalue weighted by Crippen LogP contribution is -2.30. The maximum absolute atomic E-state index is 12.1. The van der Waals surface area contributed by atoms with Crippen LogP contribution in [0.25, 0.3) is 22.0 Å². The minimum Gasteiger partial charge on any atom is -0.456 e. The summed E-state index contributed by atoms with van der Waals surface area (Å²) < 4.78 is 6.04. The Morgan fingerprint density at radius 3 is 2.70 bits per heavy atom. The standard InChI is InChI=1S/C21H24N4O2/c1-4-24(2)10-11-25(3)13-14-8-9-17-16(12-14)20-19-15(21(26)23-22-20)6-5-7-18(19)27-17/h5-9,12H,4,10-11,13H2,1-3H3,(H,23,26). The van der Waals surface area contributed by atoms with Crippen LogP contribution in [0.5, 0.6) is 11.5 Å². The van der Waals surface area contributed by atoms with Crippen LogP contribution in [-0.2, 0) is 6.54 Å². The van der Waals surface area contributed by atoms with Gasteiger partial charge in [-0.2, -0.15) is 5.10 Å². The number of fused-ring (bicyclic) bond motifs is 2. The van der Waals surface area contributed by atoms with Crippen LogP contribution in [0.3, 0.4) is 0 Å².